The van der Waals surface area contributed by atoms with Crippen LogP contribution in [0.15, 0.2) is 54.1 Å². The molecule has 35 heavy (non-hydrogen) atoms. The minimum Gasteiger partial charge on any atom is -0.481 e. The number of benzene rings is 2. The Morgan fingerprint density at radius 3 is 2.20 bits per heavy atom. The average Bonchev–Trinajstić information content (AvgIpc) is 2.82. The number of amidine groups is 1. The molecule has 1 atom stereocenters. The van der Waals surface area contributed by atoms with Crippen molar-refractivity contribution in [2.45, 2.75) is 32.7 Å². The van der Waals surface area contributed by atoms with E-state index in [1.54, 1.807) is 44.2 Å². The van der Waals surface area contributed by atoms with Gasteiger partial charge in [-0.15, -0.1) is 0 Å². The van der Waals surface area contributed by atoms with E-state index in [1.165, 1.54) is 24.3 Å². The standard InChI is InChI=1S/C25H27N3O7/c1-3-34-25(33)20(12-13-21(29)30)28-23(31)15(2)14-16-4-6-18(7-5-16)24(32)35-19-10-8-17(9-11-19)22(26)27/h4-11,14,20H,3,12-13H2,1-2H3,(H3,26,27)(H,28,31)(H,29,30)/b15-14+/t20-/m0/s1. The molecule has 0 saturated heterocycles. The fourth-order valence-corrected chi connectivity index (χ4v) is 2.93. The van der Waals surface area contributed by atoms with Crippen molar-refractivity contribution in [3.8, 4) is 5.75 Å². The van der Waals surface area contributed by atoms with Crippen LogP contribution in [0.25, 0.3) is 6.08 Å². The zero-order chi connectivity index (χ0) is 26.0. The van der Waals surface area contributed by atoms with Crippen LogP contribution in [-0.2, 0) is 19.1 Å². The number of hydrogen-bond donors (Lipinski definition) is 4. The summed E-state index contributed by atoms with van der Waals surface area (Å²) < 4.78 is 10.2. The van der Waals surface area contributed by atoms with E-state index in [-0.39, 0.29) is 36.4 Å². The Balaban J connectivity index is 2.03. The smallest absolute Gasteiger partial charge is 0.343 e. The van der Waals surface area contributed by atoms with Crippen LogP contribution in [-0.4, -0.2) is 47.4 Å². The largest absolute Gasteiger partial charge is 0.481 e. The van der Waals surface area contributed by atoms with Crippen LogP contribution in [0.4, 0.5) is 0 Å². The van der Waals surface area contributed by atoms with Gasteiger partial charge in [0.2, 0.25) is 5.91 Å². The maximum atomic E-state index is 12.5. The molecule has 10 nitrogen and oxygen atoms in total. The van der Waals surface area contributed by atoms with E-state index in [1.807, 2.05) is 0 Å². The molecule has 2 rings (SSSR count). The van der Waals surface area contributed by atoms with E-state index < -0.39 is 29.9 Å². The number of nitrogens with two attached hydrogens (primary N) is 1. The van der Waals surface area contributed by atoms with E-state index in [0.29, 0.717) is 16.9 Å². The molecule has 0 heterocycles. The van der Waals surface area contributed by atoms with Crippen LogP contribution < -0.4 is 15.8 Å². The highest BCUT2D eigenvalue weighted by Gasteiger charge is 2.23. The molecule has 0 radical (unpaired) electrons. The summed E-state index contributed by atoms with van der Waals surface area (Å²) in [5.74, 6) is -2.71. The predicted molar refractivity (Wildman–Crippen MR) is 128 cm³/mol. The summed E-state index contributed by atoms with van der Waals surface area (Å²) in [6, 6.07) is 11.5. The van der Waals surface area contributed by atoms with Crippen molar-refractivity contribution in [1.82, 2.24) is 5.32 Å². The Labute approximate surface area is 202 Å². The highest BCUT2D eigenvalue weighted by atomic mass is 16.5. The number of nitrogens with one attached hydrogen (secondary N) is 2. The number of carbonyl (C=O) groups excluding carboxylic acids is 3. The lowest BCUT2D eigenvalue weighted by Crippen LogP contribution is -2.42. The van der Waals surface area contributed by atoms with E-state index in [9.17, 15) is 19.2 Å². The van der Waals surface area contributed by atoms with Gasteiger partial charge in [0.1, 0.15) is 17.6 Å². The van der Waals surface area contributed by atoms with Gasteiger partial charge in [-0.3, -0.25) is 15.0 Å². The van der Waals surface area contributed by atoms with E-state index in [0.717, 1.165) is 0 Å². The summed E-state index contributed by atoms with van der Waals surface area (Å²) in [5, 5.41) is 18.7. The second kappa shape index (κ2) is 12.7. The third-order valence-corrected chi connectivity index (χ3v) is 4.79. The van der Waals surface area contributed by atoms with Crippen LogP contribution in [0, 0.1) is 5.41 Å². The Kier molecular flexibility index (Phi) is 9.71. The first kappa shape index (κ1) is 26.8. The molecule has 1 amide bonds. The molecule has 10 heteroatoms. The number of nitrogen functional groups attached to an aromatic ring is 1. The van der Waals surface area contributed by atoms with Gasteiger partial charge in [-0.25, -0.2) is 9.59 Å². The van der Waals surface area contributed by atoms with Gasteiger partial charge in [-0.1, -0.05) is 12.1 Å². The van der Waals surface area contributed by atoms with Crippen LogP contribution in [0.3, 0.4) is 0 Å². The van der Waals surface area contributed by atoms with Crippen molar-refractivity contribution in [1.29, 1.82) is 5.41 Å². The summed E-state index contributed by atoms with van der Waals surface area (Å²) in [6.45, 7) is 3.26. The molecule has 0 bridgehead atoms. The number of carboxylic acids is 1. The zero-order valence-corrected chi connectivity index (χ0v) is 19.4. The summed E-state index contributed by atoms with van der Waals surface area (Å²) in [4.78, 5) is 47.8. The lowest BCUT2D eigenvalue weighted by Gasteiger charge is -2.16. The van der Waals surface area contributed by atoms with E-state index >= 15 is 0 Å². The van der Waals surface area contributed by atoms with Crippen LogP contribution >= 0.6 is 0 Å². The number of hydrogen-bond acceptors (Lipinski definition) is 7. The van der Waals surface area contributed by atoms with Crippen molar-refractivity contribution in [3.63, 3.8) is 0 Å². The molecular weight excluding hydrogens is 454 g/mol. The molecule has 0 spiro atoms. The van der Waals surface area contributed by atoms with Crippen molar-refractivity contribution in [2.75, 3.05) is 6.61 Å². The molecule has 0 aromatic heterocycles. The summed E-state index contributed by atoms with van der Waals surface area (Å²) >= 11 is 0. The van der Waals surface area contributed by atoms with Crippen molar-refractivity contribution < 1.29 is 33.8 Å². The first-order valence-corrected chi connectivity index (χ1v) is 10.7. The highest BCUT2D eigenvalue weighted by Crippen LogP contribution is 2.16. The van der Waals surface area contributed by atoms with Crippen molar-refractivity contribution in [3.05, 3.63) is 70.8 Å². The molecular formula is C25H27N3O7. The van der Waals surface area contributed by atoms with E-state index in [2.05, 4.69) is 5.32 Å². The van der Waals surface area contributed by atoms with Gasteiger partial charge in [-0.05, 0) is 68.3 Å². The lowest BCUT2D eigenvalue weighted by molar-refractivity contribution is -0.147. The second-order valence-corrected chi connectivity index (χ2v) is 7.49. The third kappa shape index (κ3) is 8.43. The molecule has 184 valence electrons. The number of carbonyl (C=O) groups is 4. The van der Waals surface area contributed by atoms with Crippen LogP contribution in [0.2, 0.25) is 0 Å². The topological polar surface area (TPSA) is 169 Å². The number of aliphatic carboxylic acids is 1. The third-order valence-electron chi connectivity index (χ3n) is 4.79. The van der Waals surface area contributed by atoms with Gasteiger partial charge in [0, 0.05) is 17.6 Å². The fraction of sp³-hybridized carbons (Fsp3) is 0.240. The predicted octanol–water partition coefficient (Wildman–Crippen LogP) is 2.51. The Hall–Kier alpha value is -4.47. The lowest BCUT2D eigenvalue weighted by atomic mass is 10.1. The Morgan fingerprint density at radius 1 is 1.06 bits per heavy atom. The maximum Gasteiger partial charge on any atom is 0.343 e. The van der Waals surface area contributed by atoms with Crippen LogP contribution in [0.1, 0.15) is 48.2 Å². The molecule has 0 aliphatic carbocycles. The Morgan fingerprint density at radius 2 is 1.66 bits per heavy atom. The monoisotopic (exact) mass is 481 g/mol. The van der Waals surface area contributed by atoms with Gasteiger partial charge in [0.25, 0.3) is 0 Å². The Bertz CT molecular complexity index is 1120. The zero-order valence-electron chi connectivity index (χ0n) is 19.4. The fourth-order valence-electron chi connectivity index (χ4n) is 2.93. The minimum absolute atomic E-state index is 0.0906. The molecule has 0 unspecified atom stereocenters. The quantitative estimate of drug-likeness (QED) is 0.125. The molecule has 0 fully saturated rings. The van der Waals surface area contributed by atoms with Gasteiger partial charge in [-0.2, -0.15) is 0 Å². The maximum absolute atomic E-state index is 12.5. The molecule has 2 aromatic rings. The van der Waals surface area contributed by atoms with Gasteiger partial charge in [0.05, 0.1) is 12.2 Å². The summed E-state index contributed by atoms with van der Waals surface area (Å²) in [5.41, 5.74) is 7.10. The van der Waals surface area contributed by atoms with Crippen LogP contribution in [0.5, 0.6) is 5.75 Å². The molecule has 0 aliphatic heterocycles. The highest BCUT2D eigenvalue weighted by molar-refractivity contribution is 5.99. The first-order valence-electron chi connectivity index (χ1n) is 10.7. The number of ether oxygens (including phenoxy) is 2. The second-order valence-electron chi connectivity index (χ2n) is 7.49. The molecule has 0 aliphatic rings. The number of rotatable bonds is 11. The molecule has 0 saturated carbocycles. The molecule has 2 aromatic carbocycles. The normalized spacial score (nSPS) is 11.8. The SMILES string of the molecule is CCOC(=O)[C@H](CCC(=O)O)NC(=O)/C(C)=C/c1ccc(C(=O)Oc2ccc(C(=N)N)cc2)cc1. The van der Waals surface area contributed by atoms with Crippen molar-refractivity contribution >= 4 is 35.7 Å². The van der Waals surface area contributed by atoms with Gasteiger partial charge >= 0.3 is 17.9 Å². The molecule has 5 N–H and O–H groups in total. The van der Waals surface area contributed by atoms with Gasteiger partial charge < -0.3 is 25.6 Å². The number of amides is 1. The van der Waals surface area contributed by atoms with Gasteiger partial charge in [0.15, 0.2) is 0 Å². The van der Waals surface area contributed by atoms with E-state index in [4.69, 9.17) is 25.7 Å². The van der Waals surface area contributed by atoms with Crippen molar-refractivity contribution in [2.24, 2.45) is 5.73 Å². The summed E-state index contributed by atoms with van der Waals surface area (Å²) in [7, 11) is 0. The number of esters is 2. The minimum atomic E-state index is -1.09. The number of carboxylic acid groups (broad SMARTS) is 1. The average molecular weight is 482 g/mol. The summed E-state index contributed by atoms with van der Waals surface area (Å²) in [6.07, 6.45) is 1.16. The first-order chi connectivity index (χ1) is 16.6.